The first-order valence-electron chi connectivity index (χ1n) is 9.65. The molecule has 1 N–H and O–H groups in total. The highest BCUT2D eigenvalue weighted by molar-refractivity contribution is 6.06. The summed E-state index contributed by atoms with van der Waals surface area (Å²) in [5.41, 5.74) is -0.454. The molecule has 0 unspecified atom stereocenters. The minimum atomic E-state index is -0.635. The van der Waals surface area contributed by atoms with Gasteiger partial charge in [0.15, 0.2) is 0 Å². The molecule has 1 aliphatic carbocycles. The summed E-state index contributed by atoms with van der Waals surface area (Å²) in [6, 6.07) is 0. The summed E-state index contributed by atoms with van der Waals surface area (Å²) in [7, 11) is 0. The molecule has 2 heterocycles. The van der Waals surface area contributed by atoms with E-state index in [4.69, 9.17) is 0 Å². The monoisotopic (exact) mass is 336 g/mol. The topological polar surface area (TPSA) is 60.9 Å². The predicted octanol–water partition coefficient (Wildman–Crippen LogP) is 2.03. The number of hydrogen-bond donors (Lipinski definition) is 1. The zero-order valence-electron chi connectivity index (χ0n) is 15.2. The third-order valence-corrected chi connectivity index (χ3v) is 6.46. The number of rotatable bonds is 4. The summed E-state index contributed by atoms with van der Waals surface area (Å²) in [5, 5.41) is 10.4. The van der Waals surface area contributed by atoms with Crippen molar-refractivity contribution < 1.29 is 14.7 Å². The van der Waals surface area contributed by atoms with Crippen LogP contribution in [0.5, 0.6) is 0 Å². The first-order valence-corrected chi connectivity index (χ1v) is 9.65. The van der Waals surface area contributed by atoms with Crippen LogP contribution < -0.4 is 0 Å². The van der Waals surface area contributed by atoms with Crippen LogP contribution in [0.2, 0.25) is 0 Å². The molecule has 2 amide bonds. The fourth-order valence-corrected chi connectivity index (χ4v) is 4.56. The number of likely N-dealkylation sites (tertiary alicyclic amines) is 2. The Bertz CT molecular complexity index is 477. The van der Waals surface area contributed by atoms with E-state index in [9.17, 15) is 14.7 Å². The van der Waals surface area contributed by atoms with Crippen molar-refractivity contribution in [3.8, 4) is 0 Å². The Morgan fingerprint density at radius 1 is 1.04 bits per heavy atom. The molecule has 0 aromatic rings. The van der Waals surface area contributed by atoms with Crippen LogP contribution in [-0.2, 0) is 9.59 Å². The number of carbonyl (C=O) groups is 2. The lowest BCUT2D eigenvalue weighted by Crippen LogP contribution is -2.46. The van der Waals surface area contributed by atoms with Crippen LogP contribution in [0, 0.1) is 17.3 Å². The Hall–Kier alpha value is -0.940. The average Bonchev–Trinajstić information content (AvgIpc) is 2.77. The molecule has 3 fully saturated rings. The zero-order valence-corrected chi connectivity index (χ0v) is 15.2. The van der Waals surface area contributed by atoms with Crippen LogP contribution >= 0.6 is 0 Å². The summed E-state index contributed by atoms with van der Waals surface area (Å²) < 4.78 is 0. The first kappa shape index (κ1) is 17.9. The van der Waals surface area contributed by atoms with Crippen molar-refractivity contribution in [1.29, 1.82) is 0 Å². The summed E-state index contributed by atoms with van der Waals surface area (Å²) >= 11 is 0. The third kappa shape index (κ3) is 3.67. The second-order valence-corrected chi connectivity index (χ2v) is 8.59. The van der Waals surface area contributed by atoms with Crippen molar-refractivity contribution in [1.82, 2.24) is 9.80 Å². The van der Waals surface area contributed by atoms with Gasteiger partial charge in [-0.2, -0.15) is 0 Å². The molecule has 2 saturated heterocycles. The predicted molar refractivity (Wildman–Crippen MR) is 92.2 cm³/mol. The van der Waals surface area contributed by atoms with Gasteiger partial charge in [-0.25, -0.2) is 0 Å². The number of hydrogen-bond acceptors (Lipinski definition) is 4. The van der Waals surface area contributed by atoms with Crippen molar-refractivity contribution in [2.45, 2.75) is 64.9 Å². The maximum atomic E-state index is 12.9. The van der Waals surface area contributed by atoms with Crippen LogP contribution in [-0.4, -0.2) is 59.0 Å². The lowest BCUT2D eigenvalue weighted by Gasteiger charge is -2.34. The average molecular weight is 336 g/mol. The summed E-state index contributed by atoms with van der Waals surface area (Å²) in [6.07, 6.45) is 5.76. The van der Waals surface area contributed by atoms with E-state index in [1.54, 1.807) is 0 Å². The van der Waals surface area contributed by atoms with Gasteiger partial charge in [-0.1, -0.05) is 13.8 Å². The number of β-amino-alcohol motifs (C(OH)–C–C–N with tert-alkyl or cyclic N) is 1. The minimum Gasteiger partial charge on any atom is -0.390 e. The van der Waals surface area contributed by atoms with Gasteiger partial charge in [-0.3, -0.25) is 14.5 Å². The molecular weight excluding hydrogens is 304 g/mol. The van der Waals surface area contributed by atoms with Gasteiger partial charge in [0.25, 0.3) is 0 Å². The molecule has 5 heteroatoms. The van der Waals surface area contributed by atoms with Gasteiger partial charge in [0, 0.05) is 13.0 Å². The van der Waals surface area contributed by atoms with E-state index in [0.29, 0.717) is 18.9 Å². The number of aliphatic hydroxyl groups is 1. The van der Waals surface area contributed by atoms with E-state index in [1.165, 1.54) is 4.90 Å². The third-order valence-electron chi connectivity index (χ3n) is 6.46. The van der Waals surface area contributed by atoms with E-state index in [2.05, 4.69) is 18.7 Å². The van der Waals surface area contributed by atoms with E-state index in [1.807, 2.05) is 0 Å². The zero-order chi connectivity index (χ0) is 17.3. The number of piperidine rings is 1. The smallest absolute Gasteiger partial charge is 0.235 e. The normalized spacial score (nSPS) is 34.3. The molecule has 1 spiro atoms. The molecular formula is C19H32N2O3. The fourth-order valence-electron chi connectivity index (χ4n) is 4.56. The molecule has 24 heavy (non-hydrogen) atoms. The summed E-state index contributed by atoms with van der Waals surface area (Å²) in [6.45, 7) is 7.22. The Kier molecular flexibility index (Phi) is 5.30. The van der Waals surface area contributed by atoms with Crippen LogP contribution in [0.1, 0.15) is 58.8 Å². The van der Waals surface area contributed by atoms with Gasteiger partial charge in [0.05, 0.1) is 18.1 Å². The molecule has 1 saturated carbocycles. The van der Waals surface area contributed by atoms with Gasteiger partial charge in [0.2, 0.25) is 11.8 Å². The van der Waals surface area contributed by atoms with Crippen molar-refractivity contribution >= 4 is 11.8 Å². The van der Waals surface area contributed by atoms with Crippen molar-refractivity contribution in [2.24, 2.45) is 17.3 Å². The summed E-state index contributed by atoms with van der Waals surface area (Å²) in [4.78, 5) is 28.9. The van der Waals surface area contributed by atoms with E-state index in [-0.39, 0.29) is 18.4 Å². The minimum absolute atomic E-state index is 0.0225. The highest BCUT2D eigenvalue weighted by Gasteiger charge is 2.52. The SMILES string of the molecule is CC1CCN(C[C@@H](O)CN2C(=O)CC3(CCC(C)CC3)C2=O)CC1. The van der Waals surface area contributed by atoms with Gasteiger partial charge >= 0.3 is 0 Å². The standard InChI is InChI=1S/C19H32N2O3/c1-14-3-7-19(8-4-14)11-17(23)21(18(19)24)13-16(22)12-20-9-5-15(2)6-10-20/h14-16,22H,3-13H2,1-2H3/t14?,16-,19?/m1/s1. The molecule has 2 aliphatic heterocycles. The Balaban J connectivity index is 1.55. The van der Waals surface area contributed by atoms with E-state index < -0.39 is 11.5 Å². The van der Waals surface area contributed by atoms with Gasteiger partial charge in [0.1, 0.15) is 0 Å². The number of nitrogens with zero attached hydrogens (tertiary/aromatic N) is 2. The molecule has 0 bridgehead atoms. The number of imide groups is 1. The van der Waals surface area contributed by atoms with E-state index in [0.717, 1.165) is 57.5 Å². The van der Waals surface area contributed by atoms with Crippen LogP contribution in [0.4, 0.5) is 0 Å². The highest BCUT2D eigenvalue weighted by Crippen LogP contribution is 2.46. The fraction of sp³-hybridized carbons (Fsp3) is 0.895. The molecule has 1 atom stereocenters. The van der Waals surface area contributed by atoms with Gasteiger partial charge < -0.3 is 10.0 Å². The molecule has 0 radical (unpaired) electrons. The second kappa shape index (κ2) is 7.12. The van der Waals surface area contributed by atoms with Crippen LogP contribution in [0.25, 0.3) is 0 Å². The highest BCUT2D eigenvalue weighted by atomic mass is 16.3. The van der Waals surface area contributed by atoms with Gasteiger partial charge in [-0.05, 0) is 63.5 Å². The number of aliphatic hydroxyl groups excluding tert-OH is 1. The maximum absolute atomic E-state index is 12.9. The number of amides is 2. The summed E-state index contributed by atoms with van der Waals surface area (Å²) in [5.74, 6) is 1.31. The second-order valence-electron chi connectivity index (χ2n) is 8.59. The molecule has 3 rings (SSSR count). The Morgan fingerprint density at radius 2 is 1.62 bits per heavy atom. The van der Waals surface area contributed by atoms with Crippen molar-refractivity contribution in [3.63, 3.8) is 0 Å². The molecule has 5 nitrogen and oxygen atoms in total. The molecule has 0 aromatic heterocycles. The Labute approximate surface area is 145 Å². The maximum Gasteiger partial charge on any atom is 0.235 e. The first-order chi connectivity index (χ1) is 11.4. The van der Waals surface area contributed by atoms with Gasteiger partial charge in [-0.15, -0.1) is 0 Å². The molecule has 3 aliphatic rings. The molecule has 136 valence electrons. The molecule has 0 aromatic carbocycles. The lowest BCUT2D eigenvalue weighted by atomic mass is 9.70. The Morgan fingerprint density at radius 3 is 2.25 bits per heavy atom. The quantitative estimate of drug-likeness (QED) is 0.798. The van der Waals surface area contributed by atoms with Crippen LogP contribution in [0.15, 0.2) is 0 Å². The number of carbonyl (C=O) groups excluding carboxylic acids is 2. The largest absolute Gasteiger partial charge is 0.390 e. The lowest BCUT2D eigenvalue weighted by molar-refractivity contribution is -0.144. The van der Waals surface area contributed by atoms with Crippen LogP contribution in [0.3, 0.4) is 0 Å². The van der Waals surface area contributed by atoms with Crippen molar-refractivity contribution in [3.05, 3.63) is 0 Å². The van der Waals surface area contributed by atoms with Crippen molar-refractivity contribution in [2.75, 3.05) is 26.2 Å². The van der Waals surface area contributed by atoms with E-state index >= 15 is 0 Å².